The summed E-state index contributed by atoms with van der Waals surface area (Å²) >= 11 is 6.44. The summed E-state index contributed by atoms with van der Waals surface area (Å²) in [5.74, 6) is -0.878. The molecule has 2 rings (SSSR count). The number of nitrogens with zero attached hydrogens (tertiary/aromatic N) is 2. The standard InChI is InChI=1S/C20H24ClN3O3/c1-5-27-20(26)15(4)22-18(25)11-10-17-14(3)23-24(19(17)21)12-16-8-6-13(2)7-9-16/h6-11,15H,5,12H2,1-4H3,(H,22,25)/b11-10+. The van der Waals surface area contributed by atoms with Crippen LogP contribution in [-0.4, -0.2) is 34.3 Å². The number of hydrogen-bond donors (Lipinski definition) is 1. The van der Waals surface area contributed by atoms with Crippen molar-refractivity contribution >= 4 is 29.6 Å². The monoisotopic (exact) mass is 389 g/mol. The third kappa shape index (κ3) is 5.69. The number of halogens is 1. The van der Waals surface area contributed by atoms with E-state index in [1.54, 1.807) is 24.6 Å². The first-order valence-corrected chi connectivity index (χ1v) is 9.13. The highest BCUT2D eigenvalue weighted by Crippen LogP contribution is 2.22. The first kappa shape index (κ1) is 20.7. The summed E-state index contributed by atoms with van der Waals surface area (Å²) in [6, 6.07) is 7.42. The second-order valence-corrected chi connectivity index (χ2v) is 6.61. The smallest absolute Gasteiger partial charge is 0.328 e. The van der Waals surface area contributed by atoms with Crippen molar-refractivity contribution in [3.63, 3.8) is 0 Å². The number of aromatic nitrogens is 2. The van der Waals surface area contributed by atoms with Gasteiger partial charge in [-0.3, -0.25) is 4.79 Å². The van der Waals surface area contributed by atoms with E-state index in [1.165, 1.54) is 11.6 Å². The van der Waals surface area contributed by atoms with Gasteiger partial charge in [0.05, 0.1) is 18.8 Å². The lowest BCUT2D eigenvalue weighted by molar-refractivity contribution is -0.146. The first-order valence-electron chi connectivity index (χ1n) is 8.75. The first-order chi connectivity index (χ1) is 12.8. The molecule has 0 aliphatic heterocycles. The van der Waals surface area contributed by atoms with Gasteiger partial charge in [0.25, 0.3) is 0 Å². The molecular weight excluding hydrogens is 366 g/mol. The van der Waals surface area contributed by atoms with Crippen LogP contribution in [0.2, 0.25) is 5.15 Å². The minimum Gasteiger partial charge on any atom is -0.464 e. The number of rotatable bonds is 7. The zero-order chi connectivity index (χ0) is 20.0. The van der Waals surface area contributed by atoms with Crippen LogP contribution in [0.25, 0.3) is 6.08 Å². The van der Waals surface area contributed by atoms with E-state index in [9.17, 15) is 9.59 Å². The van der Waals surface area contributed by atoms with E-state index >= 15 is 0 Å². The molecule has 2 aromatic rings. The van der Waals surface area contributed by atoms with Crippen LogP contribution in [-0.2, 0) is 20.9 Å². The number of amides is 1. The van der Waals surface area contributed by atoms with Crippen LogP contribution in [0, 0.1) is 13.8 Å². The van der Waals surface area contributed by atoms with Gasteiger partial charge in [-0.05, 0) is 39.3 Å². The number of esters is 1. The number of hydrogen-bond acceptors (Lipinski definition) is 4. The maximum atomic E-state index is 12.0. The number of aryl methyl sites for hydroxylation is 2. The molecule has 6 nitrogen and oxygen atoms in total. The largest absolute Gasteiger partial charge is 0.464 e. The second-order valence-electron chi connectivity index (χ2n) is 6.25. The zero-order valence-electron chi connectivity index (χ0n) is 16.0. The van der Waals surface area contributed by atoms with Crippen molar-refractivity contribution in [2.75, 3.05) is 6.61 Å². The molecule has 1 aromatic heterocycles. The topological polar surface area (TPSA) is 73.2 Å². The van der Waals surface area contributed by atoms with Crippen molar-refractivity contribution in [3.8, 4) is 0 Å². The van der Waals surface area contributed by atoms with E-state index in [0.29, 0.717) is 17.3 Å². The summed E-state index contributed by atoms with van der Waals surface area (Å²) in [6.07, 6.45) is 2.94. The third-order valence-corrected chi connectivity index (χ3v) is 4.36. The number of nitrogens with one attached hydrogen (secondary N) is 1. The van der Waals surface area contributed by atoms with Gasteiger partial charge in [-0.25, -0.2) is 9.48 Å². The molecule has 1 atom stereocenters. The van der Waals surface area contributed by atoms with Crippen molar-refractivity contribution < 1.29 is 14.3 Å². The highest BCUT2D eigenvalue weighted by molar-refractivity contribution is 6.31. The molecule has 0 aliphatic carbocycles. The molecular formula is C20H24ClN3O3. The van der Waals surface area contributed by atoms with Crippen LogP contribution < -0.4 is 5.32 Å². The molecule has 27 heavy (non-hydrogen) atoms. The molecule has 0 saturated heterocycles. The number of carbonyl (C=O) groups is 2. The summed E-state index contributed by atoms with van der Waals surface area (Å²) in [5, 5.41) is 7.46. The van der Waals surface area contributed by atoms with E-state index in [1.807, 2.05) is 38.1 Å². The van der Waals surface area contributed by atoms with Crippen LogP contribution in [0.4, 0.5) is 0 Å². The Morgan fingerprint density at radius 2 is 1.96 bits per heavy atom. The minimum absolute atomic E-state index is 0.268. The van der Waals surface area contributed by atoms with Gasteiger partial charge in [0.15, 0.2) is 0 Å². The molecule has 1 heterocycles. The van der Waals surface area contributed by atoms with Crippen LogP contribution in [0.15, 0.2) is 30.3 Å². The van der Waals surface area contributed by atoms with Crippen LogP contribution in [0.3, 0.4) is 0 Å². The summed E-state index contributed by atoms with van der Waals surface area (Å²) in [6.45, 7) is 7.96. The van der Waals surface area contributed by atoms with E-state index in [2.05, 4.69) is 10.4 Å². The average molecular weight is 390 g/mol. The molecule has 7 heteroatoms. The maximum absolute atomic E-state index is 12.0. The number of ether oxygens (including phenoxy) is 1. The number of carbonyl (C=O) groups excluding carboxylic acids is 2. The van der Waals surface area contributed by atoms with Gasteiger partial charge >= 0.3 is 5.97 Å². The lowest BCUT2D eigenvalue weighted by Gasteiger charge is -2.10. The second kappa shape index (κ2) is 9.37. The maximum Gasteiger partial charge on any atom is 0.328 e. The molecule has 144 valence electrons. The van der Waals surface area contributed by atoms with Crippen LogP contribution in [0.5, 0.6) is 0 Å². The Labute approximate surface area is 164 Å². The summed E-state index contributed by atoms with van der Waals surface area (Å²) in [4.78, 5) is 23.6. The van der Waals surface area contributed by atoms with E-state index in [4.69, 9.17) is 16.3 Å². The van der Waals surface area contributed by atoms with E-state index in [-0.39, 0.29) is 6.61 Å². The van der Waals surface area contributed by atoms with Crippen molar-refractivity contribution in [3.05, 3.63) is 57.9 Å². The molecule has 0 radical (unpaired) electrons. The molecule has 0 fully saturated rings. The van der Waals surface area contributed by atoms with Gasteiger partial charge in [0.1, 0.15) is 11.2 Å². The molecule has 0 aliphatic rings. The quantitative estimate of drug-likeness (QED) is 0.582. The fourth-order valence-corrected chi connectivity index (χ4v) is 2.77. The Balaban J connectivity index is 2.07. The van der Waals surface area contributed by atoms with Gasteiger partial charge in [0, 0.05) is 11.6 Å². The zero-order valence-corrected chi connectivity index (χ0v) is 16.7. The number of benzene rings is 1. The van der Waals surface area contributed by atoms with Crippen molar-refractivity contribution in [2.24, 2.45) is 0 Å². The van der Waals surface area contributed by atoms with Crippen LogP contribution in [0.1, 0.15) is 36.2 Å². The minimum atomic E-state index is -0.720. The lowest BCUT2D eigenvalue weighted by Crippen LogP contribution is -2.38. The van der Waals surface area contributed by atoms with Gasteiger partial charge < -0.3 is 10.1 Å². The Morgan fingerprint density at radius 3 is 2.59 bits per heavy atom. The SMILES string of the molecule is CCOC(=O)C(C)NC(=O)/C=C/c1c(C)nn(Cc2ccc(C)cc2)c1Cl. The molecule has 0 saturated carbocycles. The summed E-state index contributed by atoms with van der Waals surface area (Å²) in [5.41, 5.74) is 3.66. The van der Waals surface area contributed by atoms with E-state index < -0.39 is 17.9 Å². The summed E-state index contributed by atoms with van der Waals surface area (Å²) in [7, 11) is 0. The van der Waals surface area contributed by atoms with Gasteiger partial charge in [-0.2, -0.15) is 5.10 Å². The fraction of sp³-hybridized carbons (Fsp3) is 0.350. The lowest BCUT2D eigenvalue weighted by atomic mass is 10.1. The normalized spacial score (nSPS) is 12.2. The van der Waals surface area contributed by atoms with Crippen molar-refractivity contribution in [1.29, 1.82) is 0 Å². The highest BCUT2D eigenvalue weighted by Gasteiger charge is 2.16. The van der Waals surface area contributed by atoms with Crippen molar-refractivity contribution in [2.45, 2.75) is 40.3 Å². The van der Waals surface area contributed by atoms with Crippen LogP contribution >= 0.6 is 11.6 Å². The average Bonchev–Trinajstić information content (AvgIpc) is 2.88. The van der Waals surface area contributed by atoms with Gasteiger partial charge in [0.2, 0.25) is 5.91 Å². The molecule has 1 aromatic carbocycles. The Bertz CT molecular complexity index is 841. The Kier molecular flexibility index (Phi) is 7.19. The Hall–Kier alpha value is -2.60. The molecule has 0 spiro atoms. The molecule has 1 N–H and O–H groups in total. The summed E-state index contributed by atoms with van der Waals surface area (Å²) < 4.78 is 6.56. The molecule has 1 unspecified atom stereocenters. The van der Waals surface area contributed by atoms with Crippen molar-refractivity contribution in [1.82, 2.24) is 15.1 Å². The van der Waals surface area contributed by atoms with E-state index in [0.717, 1.165) is 11.3 Å². The van der Waals surface area contributed by atoms with Gasteiger partial charge in [-0.15, -0.1) is 0 Å². The molecule has 0 bridgehead atoms. The predicted octanol–water partition coefficient (Wildman–Crippen LogP) is 3.28. The fourth-order valence-electron chi connectivity index (χ4n) is 2.47. The molecule has 1 amide bonds. The Morgan fingerprint density at radius 1 is 1.30 bits per heavy atom. The highest BCUT2D eigenvalue weighted by atomic mass is 35.5. The predicted molar refractivity (Wildman–Crippen MR) is 106 cm³/mol. The van der Waals surface area contributed by atoms with Gasteiger partial charge in [-0.1, -0.05) is 41.4 Å². The third-order valence-electron chi connectivity index (χ3n) is 3.96.